The molecule has 2 heterocycles. The number of methoxy groups -OCH3 is 1. The number of nitrogens with one attached hydrogen (secondary N) is 1. The molecule has 108 valence electrons. The Morgan fingerprint density at radius 3 is 2.75 bits per heavy atom. The van der Waals surface area contributed by atoms with Gasteiger partial charge in [-0.15, -0.1) is 11.3 Å². The number of rotatable bonds is 5. The summed E-state index contributed by atoms with van der Waals surface area (Å²) in [6.07, 6.45) is 2.73. The van der Waals surface area contributed by atoms with Crippen LogP contribution < -0.4 is 10.1 Å². The van der Waals surface area contributed by atoms with Gasteiger partial charge in [0.25, 0.3) is 0 Å². The van der Waals surface area contributed by atoms with E-state index in [1.165, 1.54) is 4.88 Å². The zero-order valence-electron chi connectivity index (χ0n) is 12.2. The zero-order valence-corrected chi connectivity index (χ0v) is 14.6. The van der Waals surface area contributed by atoms with Gasteiger partial charge in [-0.05, 0) is 48.3 Å². The van der Waals surface area contributed by atoms with Gasteiger partial charge in [0.05, 0.1) is 7.11 Å². The van der Waals surface area contributed by atoms with Crippen LogP contribution in [0.15, 0.2) is 22.1 Å². The summed E-state index contributed by atoms with van der Waals surface area (Å²) in [7, 11) is 3.70. The highest BCUT2D eigenvalue weighted by Crippen LogP contribution is 2.32. The fourth-order valence-electron chi connectivity index (χ4n) is 2.35. The molecule has 0 saturated heterocycles. The molecular formula is C15H19BrN2OS. The summed E-state index contributed by atoms with van der Waals surface area (Å²) in [5.41, 5.74) is 3.28. The first-order chi connectivity index (χ1) is 9.58. The summed E-state index contributed by atoms with van der Waals surface area (Å²) in [6.45, 7) is 4.10. The Labute approximate surface area is 132 Å². The highest BCUT2D eigenvalue weighted by atomic mass is 79.9. The van der Waals surface area contributed by atoms with Crippen LogP contribution in [0.4, 0.5) is 0 Å². The number of ether oxygens (including phenoxy) is 1. The van der Waals surface area contributed by atoms with Crippen molar-refractivity contribution >= 4 is 27.3 Å². The molecule has 2 aromatic rings. The molecule has 0 bridgehead atoms. The summed E-state index contributed by atoms with van der Waals surface area (Å²) in [4.78, 5) is 5.88. The Hall–Kier alpha value is -0.910. The van der Waals surface area contributed by atoms with Gasteiger partial charge in [-0.2, -0.15) is 0 Å². The lowest BCUT2D eigenvalue weighted by molar-refractivity contribution is 0.406. The van der Waals surface area contributed by atoms with Gasteiger partial charge >= 0.3 is 0 Å². The van der Waals surface area contributed by atoms with E-state index in [2.05, 4.69) is 44.6 Å². The summed E-state index contributed by atoms with van der Waals surface area (Å²) in [5, 5.41) is 5.47. The lowest BCUT2D eigenvalue weighted by atomic mass is 10.0. The second kappa shape index (κ2) is 6.70. The topological polar surface area (TPSA) is 34.2 Å². The standard InChI is InChI=1S/C15H19BrN2OS/c1-9-8-18-12(10(2)14(9)19-4)7-13(17-3)15-11(16)5-6-20-15/h5-6,8,13,17H,7H2,1-4H3. The molecule has 1 unspecified atom stereocenters. The van der Waals surface area contributed by atoms with Gasteiger partial charge in [0.15, 0.2) is 0 Å². The molecule has 3 nitrogen and oxygen atoms in total. The SMILES string of the molecule is CNC(Cc1ncc(C)c(OC)c1C)c1sccc1Br. The van der Waals surface area contributed by atoms with Crippen LogP contribution in [0.1, 0.15) is 27.7 Å². The minimum absolute atomic E-state index is 0.253. The molecule has 0 spiro atoms. The predicted octanol–water partition coefficient (Wildman–Crippen LogP) is 4.03. The van der Waals surface area contributed by atoms with Gasteiger partial charge < -0.3 is 10.1 Å². The van der Waals surface area contributed by atoms with Gasteiger partial charge in [0, 0.05) is 44.8 Å². The predicted molar refractivity (Wildman–Crippen MR) is 87.8 cm³/mol. The van der Waals surface area contributed by atoms with Crippen molar-refractivity contribution in [3.63, 3.8) is 0 Å². The van der Waals surface area contributed by atoms with E-state index in [-0.39, 0.29) is 6.04 Å². The van der Waals surface area contributed by atoms with E-state index in [1.807, 2.05) is 20.2 Å². The number of nitrogens with zero attached hydrogens (tertiary/aromatic N) is 1. The molecule has 0 fully saturated rings. The number of likely N-dealkylation sites (N-methyl/N-ethyl adjacent to an activating group) is 1. The minimum atomic E-state index is 0.253. The van der Waals surface area contributed by atoms with Crippen LogP contribution in [0, 0.1) is 13.8 Å². The Kier molecular flexibility index (Phi) is 5.18. The molecule has 1 atom stereocenters. The van der Waals surface area contributed by atoms with Gasteiger partial charge in [-0.3, -0.25) is 4.98 Å². The Balaban J connectivity index is 2.31. The first-order valence-electron chi connectivity index (χ1n) is 6.47. The van der Waals surface area contributed by atoms with Crippen LogP contribution in [0.5, 0.6) is 5.75 Å². The number of hydrogen-bond donors (Lipinski definition) is 1. The van der Waals surface area contributed by atoms with E-state index in [0.717, 1.165) is 33.5 Å². The molecule has 0 saturated carbocycles. The van der Waals surface area contributed by atoms with E-state index in [1.54, 1.807) is 18.4 Å². The average Bonchev–Trinajstić information content (AvgIpc) is 2.85. The molecule has 0 aliphatic rings. The van der Waals surface area contributed by atoms with E-state index in [0.29, 0.717) is 0 Å². The lowest BCUT2D eigenvalue weighted by Gasteiger charge is -2.18. The van der Waals surface area contributed by atoms with Crippen molar-refractivity contribution in [3.8, 4) is 5.75 Å². The van der Waals surface area contributed by atoms with E-state index in [9.17, 15) is 0 Å². The Morgan fingerprint density at radius 2 is 2.20 bits per heavy atom. The zero-order chi connectivity index (χ0) is 14.7. The van der Waals surface area contributed by atoms with E-state index >= 15 is 0 Å². The fourth-order valence-corrected chi connectivity index (χ4v) is 4.11. The quantitative estimate of drug-likeness (QED) is 0.879. The highest BCUT2D eigenvalue weighted by Gasteiger charge is 2.18. The summed E-state index contributed by atoms with van der Waals surface area (Å²) >= 11 is 5.36. The third kappa shape index (κ3) is 3.05. The van der Waals surface area contributed by atoms with Crippen LogP contribution in [-0.4, -0.2) is 19.1 Å². The van der Waals surface area contributed by atoms with Crippen LogP contribution in [0.25, 0.3) is 0 Å². The van der Waals surface area contributed by atoms with Crippen LogP contribution in [0.2, 0.25) is 0 Å². The maximum atomic E-state index is 5.48. The first-order valence-corrected chi connectivity index (χ1v) is 8.15. The summed E-state index contributed by atoms with van der Waals surface area (Å²) in [6, 6.07) is 2.34. The normalized spacial score (nSPS) is 12.4. The van der Waals surface area contributed by atoms with E-state index < -0.39 is 0 Å². The van der Waals surface area contributed by atoms with Gasteiger partial charge in [0.2, 0.25) is 0 Å². The van der Waals surface area contributed by atoms with Gasteiger partial charge in [0.1, 0.15) is 5.75 Å². The Morgan fingerprint density at radius 1 is 1.45 bits per heavy atom. The molecule has 0 radical (unpaired) electrons. The molecule has 0 aliphatic carbocycles. The van der Waals surface area contributed by atoms with Crippen LogP contribution >= 0.6 is 27.3 Å². The van der Waals surface area contributed by atoms with Crippen molar-refractivity contribution in [2.24, 2.45) is 0 Å². The molecule has 0 amide bonds. The van der Waals surface area contributed by atoms with Crippen LogP contribution in [-0.2, 0) is 6.42 Å². The second-order valence-electron chi connectivity index (χ2n) is 4.72. The number of halogens is 1. The highest BCUT2D eigenvalue weighted by molar-refractivity contribution is 9.10. The number of aryl methyl sites for hydroxylation is 1. The lowest BCUT2D eigenvalue weighted by Crippen LogP contribution is -2.19. The third-order valence-corrected chi connectivity index (χ3v) is 5.44. The monoisotopic (exact) mass is 354 g/mol. The maximum absolute atomic E-state index is 5.48. The third-order valence-electron chi connectivity index (χ3n) is 3.46. The second-order valence-corrected chi connectivity index (χ2v) is 6.53. The smallest absolute Gasteiger partial charge is 0.128 e. The number of aromatic nitrogens is 1. The molecule has 2 rings (SSSR count). The number of hydrogen-bond acceptors (Lipinski definition) is 4. The van der Waals surface area contributed by atoms with Crippen molar-refractivity contribution in [1.29, 1.82) is 0 Å². The molecule has 1 N–H and O–H groups in total. The average molecular weight is 355 g/mol. The minimum Gasteiger partial charge on any atom is -0.496 e. The van der Waals surface area contributed by atoms with Crippen molar-refractivity contribution in [2.45, 2.75) is 26.3 Å². The van der Waals surface area contributed by atoms with Crippen molar-refractivity contribution in [1.82, 2.24) is 10.3 Å². The van der Waals surface area contributed by atoms with E-state index in [4.69, 9.17) is 4.74 Å². The fraction of sp³-hybridized carbons (Fsp3) is 0.400. The largest absolute Gasteiger partial charge is 0.496 e. The van der Waals surface area contributed by atoms with Gasteiger partial charge in [-0.25, -0.2) is 0 Å². The van der Waals surface area contributed by atoms with Crippen LogP contribution in [0.3, 0.4) is 0 Å². The maximum Gasteiger partial charge on any atom is 0.128 e. The van der Waals surface area contributed by atoms with Crippen molar-refractivity contribution in [3.05, 3.63) is 43.8 Å². The Bertz CT molecular complexity index is 598. The molecule has 5 heteroatoms. The number of thiophene rings is 1. The molecule has 0 aromatic carbocycles. The first kappa shape index (κ1) is 15.5. The summed E-state index contributed by atoms with van der Waals surface area (Å²) < 4.78 is 6.63. The molecule has 20 heavy (non-hydrogen) atoms. The molecule has 0 aliphatic heterocycles. The molecule has 2 aromatic heterocycles. The molecular weight excluding hydrogens is 336 g/mol. The summed E-state index contributed by atoms with van der Waals surface area (Å²) in [5.74, 6) is 0.940. The van der Waals surface area contributed by atoms with Crippen molar-refractivity contribution < 1.29 is 4.74 Å². The number of pyridine rings is 1. The van der Waals surface area contributed by atoms with Gasteiger partial charge in [-0.1, -0.05) is 0 Å². The van der Waals surface area contributed by atoms with Crippen molar-refractivity contribution in [2.75, 3.05) is 14.2 Å².